The number of hydrogen-bond donors (Lipinski definition) is 2. The van der Waals surface area contributed by atoms with Gasteiger partial charge in [0.25, 0.3) is 5.91 Å². The third-order valence-electron chi connectivity index (χ3n) is 5.98. The van der Waals surface area contributed by atoms with E-state index in [1.807, 2.05) is 68.4 Å². The molecule has 1 aliphatic rings. The molecule has 0 unspecified atom stereocenters. The third-order valence-corrected chi connectivity index (χ3v) is 7.05. The molecule has 0 aliphatic carbocycles. The molecule has 4 aromatic rings. The van der Waals surface area contributed by atoms with E-state index in [2.05, 4.69) is 10.6 Å². The Morgan fingerprint density at radius 3 is 2.51 bits per heavy atom. The number of hydrogen-bond acceptors (Lipinski definition) is 6. The van der Waals surface area contributed by atoms with E-state index >= 15 is 0 Å². The highest BCUT2D eigenvalue weighted by Gasteiger charge is 2.37. The second kappa shape index (κ2) is 9.13. The number of ether oxygens (including phenoxy) is 1. The molecule has 1 atom stereocenters. The quantitative estimate of drug-likeness (QED) is 0.373. The van der Waals surface area contributed by atoms with Crippen LogP contribution in [0.15, 0.2) is 54.6 Å². The molecule has 0 fully saturated rings. The van der Waals surface area contributed by atoms with Crippen molar-refractivity contribution in [3.8, 4) is 0 Å². The Kier molecular flexibility index (Phi) is 6.00. The predicted octanol–water partition coefficient (Wildman–Crippen LogP) is 5.79. The van der Waals surface area contributed by atoms with Gasteiger partial charge in [-0.3, -0.25) is 14.5 Å². The minimum Gasteiger partial charge on any atom is -0.380 e. The van der Waals surface area contributed by atoms with E-state index < -0.39 is 6.17 Å². The van der Waals surface area contributed by atoms with Gasteiger partial charge in [0.05, 0.1) is 12.3 Å². The molecule has 2 amide bonds. The van der Waals surface area contributed by atoms with Crippen molar-refractivity contribution in [3.05, 3.63) is 81.9 Å². The van der Waals surface area contributed by atoms with Crippen molar-refractivity contribution in [1.29, 1.82) is 0 Å². The highest BCUT2D eigenvalue weighted by atomic mass is 32.1. The number of pyridine rings is 1. The van der Waals surface area contributed by atoms with Gasteiger partial charge in [0, 0.05) is 36.5 Å². The zero-order chi connectivity index (χ0) is 24.7. The first-order valence-corrected chi connectivity index (χ1v) is 12.1. The van der Waals surface area contributed by atoms with Crippen LogP contribution in [0, 0.1) is 13.8 Å². The van der Waals surface area contributed by atoms with Crippen LogP contribution in [0.5, 0.6) is 0 Å². The Morgan fingerprint density at radius 2 is 1.86 bits per heavy atom. The Bertz CT molecular complexity index is 1430. The average Bonchev–Trinajstić information content (AvgIpc) is 3.19. The molecule has 35 heavy (non-hydrogen) atoms. The number of rotatable bonds is 5. The number of aromatic nitrogens is 1. The molecule has 2 aromatic heterocycles. The third kappa shape index (κ3) is 4.26. The van der Waals surface area contributed by atoms with Gasteiger partial charge in [0.1, 0.15) is 15.9 Å². The topological polar surface area (TPSA) is 83.6 Å². The molecule has 0 saturated carbocycles. The molecule has 7 nitrogen and oxygen atoms in total. The van der Waals surface area contributed by atoms with Gasteiger partial charge in [-0.05, 0) is 55.3 Å². The van der Waals surface area contributed by atoms with Crippen LogP contribution < -0.4 is 15.5 Å². The first kappa shape index (κ1) is 23.0. The molecule has 5 rings (SSSR count). The van der Waals surface area contributed by atoms with Gasteiger partial charge in [-0.15, -0.1) is 11.3 Å². The molecule has 0 bridgehead atoms. The Balaban J connectivity index is 1.67. The first-order valence-electron chi connectivity index (χ1n) is 11.3. The summed E-state index contributed by atoms with van der Waals surface area (Å²) in [5.74, 6) is -0.213. The summed E-state index contributed by atoms with van der Waals surface area (Å²) in [4.78, 5) is 33.4. The van der Waals surface area contributed by atoms with Crippen LogP contribution in [0.25, 0.3) is 10.2 Å². The number of nitrogens with zero attached hydrogens (tertiary/aromatic N) is 2. The molecule has 3 heterocycles. The maximum absolute atomic E-state index is 14.0. The van der Waals surface area contributed by atoms with Gasteiger partial charge >= 0.3 is 0 Å². The van der Waals surface area contributed by atoms with Crippen molar-refractivity contribution in [3.63, 3.8) is 0 Å². The number of fused-ring (bicyclic) bond motifs is 3. The molecule has 8 heteroatoms. The van der Waals surface area contributed by atoms with E-state index in [1.54, 1.807) is 12.0 Å². The molecule has 0 saturated heterocycles. The van der Waals surface area contributed by atoms with Gasteiger partial charge in [0.15, 0.2) is 0 Å². The lowest BCUT2D eigenvalue weighted by Gasteiger charge is -2.37. The highest BCUT2D eigenvalue weighted by molar-refractivity contribution is 7.21. The summed E-state index contributed by atoms with van der Waals surface area (Å²) in [5, 5.41) is 7.36. The van der Waals surface area contributed by atoms with Crippen molar-refractivity contribution in [1.82, 2.24) is 4.98 Å². The monoisotopic (exact) mass is 486 g/mol. The lowest BCUT2D eigenvalue weighted by Crippen LogP contribution is -2.42. The van der Waals surface area contributed by atoms with E-state index in [1.165, 1.54) is 18.3 Å². The Labute approximate surface area is 207 Å². The Hall–Kier alpha value is -3.75. The van der Waals surface area contributed by atoms with Crippen LogP contribution in [-0.4, -0.2) is 23.9 Å². The first-order chi connectivity index (χ1) is 16.9. The maximum atomic E-state index is 14.0. The van der Waals surface area contributed by atoms with Crippen LogP contribution >= 0.6 is 11.3 Å². The lowest BCUT2D eigenvalue weighted by atomic mass is 10.0. The molecule has 178 valence electrons. The standard InChI is InChI=1S/C27H26N4O3S/c1-15-5-11-21(12-6-15)31-25(18-7-9-20(10-8-18)29-17(3)32)30-23-22-19(14-34-4)13-16(2)28-26(22)35-24(23)27(31)33/h5-13,25,30H,14H2,1-4H3,(H,29,32)/t25-/m1/s1. The van der Waals surface area contributed by atoms with Gasteiger partial charge < -0.3 is 15.4 Å². The summed E-state index contributed by atoms with van der Waals surface area (Å²) in [7, 11) is 1.66. The fourth-order valence-electron chi connectivity index (χ4n) is 4.45. The summed E-state index contributed by atoms with van der Waals surface area (Å²) < 4.78 is 5.46. The predicted molar refractivity (Wildman–Crippen MR) is 140 cm³/mol. The molecule has 0 radical (unpaired) electrons. The minimum atomic E-state index is -0.446. The van der Waals surface area contributed by atoms with E-state index in [0.717, 1.165) is 44.0 Å². The van der Waals surface area contributed by atoms with Crippen LogP contribution in [0.1, 0.15) is 45.1 Å². The second-order valence-corrected chi connectivity index (χ2v) is 9.70. The lowest BCUT2D eigenvalue weighted by molar-refractivity contribution is -0.114. The zero-order valence-electron chi connectivity index (χ0n) is 20.0. The number of aryl methyl sites for hydroxylation is 2. The maximum Gasteiger partial charge on any atom is 0.272 e. The molecular weight excluding hydrogens is 460 g/mol. The van der Waals surface area contributed by atoms with E-state index in [4.69, 9.17) is 9.72 Å². The van der Waals surface area contributed by atoms with Gasteiger partial charge in [-0.25, -0.2) is 4.98 Å². The number of thiophene rings is 1. The molecule has 2 aromatic carbocycles. The van der Waals surface area contributed by atoms with Crippen molar-refractivity contribution in [2.75, 3.05) is 22.6 Å². The van der Waals surface area contributed by atoms with Crippen LogP contribution in [0.3, 0.4) is 0 Å². The van der Waals surface area contributed by atoms with Crippen molar-refractivity contribution < 1.29 is 14.3 Å². The molecule has 1 aliphatic heterocycles. The van der Waals surface area contributed by atoms with Gasteiger partial charge in [-0.2, -0.15) is 0 Å². The number of anilines is 3. The number of methoxy groups -OCH3 is 1. The fraction of sp³-hybridized carbons (Fsp3) is 0.222. The van der Waals surface area contributed by atoms with E-state index in [0.29, 0.717) is 17.2 Å². The summed E-state index contributed by atoms with van der Waals surface area (Å²) in [5.41, 5.74) is 6.18. The van der Waals surface area contributed by atoms with Gasteiger partial charge in [-0.1, -0.05) is 29.8 Å². The number of carbonyl (C=O) groups excluding carboxylic acids is 2. The number of nitrogens with one attached hydrogen (secondary N) is 2. The number of amides is 2. The van der Waals surface area contributed by atoms with Crippen LogP contribution in [0.4, 0.5) is 17.1 Å². The summed E-state index contributed by atoms with van der Waals surface area (Å²) in [6, 6.07) is 17.5. The fourth-order valence-corrected chi connectivity index (χ4v) is 5.62. The summed E-state index contributed by atoms with van der Waals surface area (Å²) >= 11 is 1.40. The largest absolute Gasteiger partial charge is 0.380 e. The smallest absolute Gasteiger partial charge is 0.272 e. The average molecular weight is 487 g/mol. The van der Waals surface area contributed by atoms with Gasteiger partial charge in [0.2, 0.25) is 5.91 Å². The number of carbonyl (C=O) groups is 2. The van der Waals surface area contributed by atoms with E-state index in [9.17, 15) is 9.59 Å². The van der Waals surface area contributed by atoms with Crippen molar-refractivity contribution in [2.24, 2.45) is 0 Å². The molecule has 0 spiro atoms. The van der Waals surface area contributed by atoms with E-state index in [-0.39, 0.29) is 11.8 Å². The second-order valence-electron chi connectivity index (χ2n) is 8.70. The minimum absolute atomic E-state index is 0.0810. The van der Waals surface area contributed by atoms with Crippen molar-refractivity contribution >= 4 is 50.4 Å². The summed E-state index contributed by atoms with van der Waals surface area (Å²) in [6.45, 7) is 5.87. The SMILES string of the molecule is COCc1cc(C)nc2sc3c(c12)N[C@@H](c1ccc(NC(C)=O)cc1)N(c1ccc(C)cc1)C3=O. The van der Waals surface area contributed by atoms with Crippen LogP contribution in [-0.2, 0) is 16.1 Å². The normalized spacial score (nSPS) is 15.1. The zero-order valence-corrected chi connectivity index (χ0v) is 20.8. The summed E-state index contributed by atoms with van der Waals surface area (Å²) in [6.07, 6.45) is -0.446. The molecular formula is C27H26N4O3S. The number of benzene rings is 2. The molecule has 2 N–H and O–H groups in total. The Morgan fingerprint density at radius 1 is 1.14 bits per heavy atom. The van der Waals surface area contributed by atoms with Crippen molar-refractivity contribution in [2.45, 2.75) is 33.5 Å². The highest BCUT2D eigenvalue weighted by Crippen LogP contribution is 2.45. The van der Waals surface area contributed by atoms with Crippen LogP contribution in [0.2, 0.25) is 0 Å².